The Kier molecular flexibility index (Phi) is 21.4. The van der Waals surface area contributed by atoms with Crippen LogP contribution in [0.25, 0.3) is 86.2 Å². The highest BCUT2D eigenvalue weighted by molar-refractivity contribution is 6.45. The number of fused-ring (bicyclic) bond motifs is 4. The van der Waals surface area contributed by atoms with E-state index in [1.54, 1.807) is 0 Å². The minimum absolute atomic E-state index is 0.235. The topological polar surface area (TPSA) is 168 Å². The molecule has 4 aliphatic carbocycles. The van der Waals surface area contributed by atoms with Crippen molar-refractivity contribution in [3.8, 4) is 35.2 Å². The molecular formula is C100H106N4O10. The molecule has 10 aromatic carbocycles. The van der Waals surface area contributed by atoms with Crippen LogP contribution in [-0.2, 0) is 0 Å². The Hall–Kier alpha value is -9.92. The largest absolute Gasteiger partial charge is 0.493 e. The summed E-state index contributed by atoms with van der Waals surface area (Å²) in [4.78, 5) is 130. The van der Waals surface area contributed by atoms with E-state index in [-0.39, 0.29) is 71.4 Å². The van der Waals surface area contributed by atoms with Gasteiger partial charge in [-0.3, -0.25) is 58.0 Å². The lowest BCUT2D eigenvalue weighted by Gasteiger charge is -2.37. The molecule has 0 atom stereocenters. The van der Waals surface area contributed by atoms with Crippen LogP contribution in [0, 0.1) is 23.7 Å². The number of rotatable bonds is 28. The van der Waals surface area contributed by atoms with Gasteiger partial charge in [0.1, 0.15) is 11.5 Å². The average molecular weight is 1520 g/mol. The molecule has 0 spiro atoms. The molecule has 4 fully saturated rings. The SMILES string of the molecule is CCCCCCCCCCCCOc1cc2c3c(ccc4c5c(C#CC#Cc6cc7c8c(ccc9c%10c(OCCCCCCCCCCCC)cc%11c%12c(ccc(c6c89)c%12%10)C(=O)N(C6CCCCC6)C%11=O)C(=O)N(C6CCCCC6)C7=O)cc6c7c(ccc(c1c34)c75)C(=O)N(C1CCCCC1)C6=O)C(=O)N(C1CCCCC1)C2=O. The lowest BCUT2D eigenvalue weighted by atomic mass is 9.79. The fourth-order valence-electron chi connectivity index (χ4n) is 21.8. The second-order valence-electron chi connectivity index (χ2n) is 34.6. The Balaban J connectivity index is 0.824. The molecule has 8 amide bonds. The predicted octanol–water partition coefficient (Wildman–Crippen LogP) is 23.5. The van der Waals surface area contributed by atoms with E-state index < -0.39 is 0 Å². The maximum absolute atomic E-state index is 15.7. The molecule has 0 saturated heterocycles. The molecule has 4 heterocycles. The lowest BCUT2D eigenvalue weighted by molar-refractivity contribution is 0.0487. The van der Waals surface area contributed by atoms with Crippen LogP contribution in [0.1, 0.15) is 365 Å². The van der Waals surface area contributed by atoms with Gasteiger partial charge in [-0.2, -0.15) is 0 Å². The van der Waals surface area contributed by atoms with Crippen LogP contribution >= 0.6 is 0 Å². The summed E-state index contributed by atoms with van der Waals surface area (Å²) in [5.74, 6) is 12.0. The highest BCUT2D eigenvalue weighted by atomic mass is 16.5. The number of amides is 8. The van der Waals surface area contributed by atoms with Gasteiger partial charge < -0.3 is 9.47 Å². The number of unbranched alkanes of at least 4 members (excludes halogenated alkanes) is 18. The number of hydrogen-bond donors (Lipinski definition) is 0. The minimum atomic E-state index is -0.382. The van der Waals surface area contributed by atoms with Crippen LogP contribution in [-0.4, -0.2) is 104 Å². The highest BCUT2D eigenvalue weighted by Crippen LogP contribution is 2.54. The molecule has 0 N–H and O–H groups in total. The van der Waals surface area contributed by atoms with Crippen LogP contribution in [0.5, 0.6) is 11.5 Å². The molecule has 4 aliphatic heterocycles. The summed E-state index contributed by atoms with van der Waals surface area (Å²) in [7, 11) is 0. The number of ether oxygens (including phenoxy) is 2. The fourth-order valence-corrected chi connectivity index (χ4v) is 21.8. The van der Waals surface area contributed by atoms with Crippen molar-refractivity contribution in [2.45, 2.75) is 295 Å². The van der Waals surface area contributed by atoms with E-state index in [0.717, 1.165) is 154 Å². The monoisotopic (exact) mass is 1520 g/mol. The third kappa shape index (κ3) is 13.0. The van der Waals surface area contributed by atoms with Gasteiger partial charge in [0.05, 0.1) is 24.3 Å². The summed E-state index contributed by atoms with van der Waals surface area (Å²) >= 11 is 0. The van der Waals surface area contributed by atoms with Crippen molar-refractivity contribution in [1.82, 2.24) is 19.6 Å². The Morgan fingerprint density at radius 2 is 0.500 bits per heavy atom. The summed E-state index contributed by atoms with van der Waals surface area (Å²) in [6, 6.07) is 21.6. The number of carbonyl (C=O) groups excluding carboxylic acids is 8. The van der Waals surface area contributed by atoms with E-state index in [4.69, 9.17) is 9.47 Å². The average Bonchev–Trinajstić information content (AvgIpc) is 0.685. The Morgan fingerprint density at radius 3 is 0.781 bits per heavy atom. The van der Waals surface area contributed by atoms with Gasteiger partial charge in [-0.25, -0.2) is 0 Å². The summed E-state index contributed by atoms with van der Waals surface area (Å²) < 4.78 is 14.1. The van der Waals surface area contributed by atoms with Crippen molar-refractivity contribution in [1.29, 1.82) is 0 Å². The van der Waals surface area contributed by atoms with Crippen molar-refractivity contribution < 1.29 is 47.8 Å². The highest BCUT2D eigenvalue weighted by Gasteiger charge is 2.46. The number of carbonyl (C=O) groups is 8. The van der Waals surface area contributed by atoms with E-state index >= 15 is 38.4 Å². The van der Waals surface area contributed by atoms with Crippen LogP contribution < -0.4 is 9.47 Å². The molecule has 0 unspecified atom stereocenters. The zero-order chi connectivity index (χ0) is 77.8. The van der Waals surface area contributed by atoms with Crippen molar-refractivity contribution in [2.75, 3.05) is 13.2 Å². The Morgan fingerprint density at radius 1 is 0.263 bits per heavy atom. The van der Waals surface area contributed by atoms with Gasteiger partial charge in [-0.05, 0) is 146 Å². The number of nitrogens with zero attached hydrogens (tertiary/aromatic N) is 4. The second-order valence-corrected chi connectivity index (χ2v) is 34.6. The lowest BCUT2D eigenvalue weighted by Crippen LogP contribution is -2.48. The van der Waals surface area contributed by atoms with Gasteiger partial charge in [-0.1, -0.05) is 243 Å². The summed E-state index contributed by atoms with van der Waals surface area (Å²) in [6.07, 6.45) is 40.4. The first kappa shape index (κ1) is 75.4. The fraction of sp³-hybridized carbons (Fsp3) is 0.480. The molecule has 114 heavy (non-hydrogen) atoms. The number of hydrogen-bond acceptors (Lipinski definition) is 10. The van der Waals surface area contributed by atoms with E-state index in [1.807, 2.05) is 72.8 Å². The molecular weight excluding hydrogens is 1420 g/mol. The van der Waals surface area contributed by atoms with Crippen molar-refractivity contribution in [2.24, 2.45) is 0 Å². The molecule has 0 bridgehead atoms. The van der Waals surface area contributed by atoms with Gasteiger partial charge in [0, 0.05) is 133 Å². The number of imide groups is 4. The summed E-state index contributed by atoms with van der Waals surface area (Å²) in [6.45, 7) is 5.28. The summed E-state index contributed by atoms with van der Waals surface area (Å²) in [5.41, 5.74) is 4.15. The van der Waals surface area contributed by atoms with E-state index in [9.17, 15) is 0 Å². The normalized spacial score (nSPS) is 17.9. The molecule has 4 saturated carbocycles. The standard InChI is InChI=1S/C100H106N4O10/c1-3-5-7-9-11-13-15-17-19-35-55-113-79-59-77-85-73(95(107)103(99(77)111)65-43-29-23-30-44-65)51-47-67-81-61(57-75-83-71(53-49-69(89(81)83)87(79)91(67)85)93(105)101(97(75)109)63-39-25-21-26-40-63)37-33-34-38-62-58-76-84-72(94(106)102(98(76)110)64-41-27-22-28-42-64)54-50-70-88-80(114-56-36-20-18-16-14-12-10-8-6-4-2)60-78-86-74(52-48-68(92(86)88)82(62)90(70)84)96(108)104(100(78)112)66-45-31-24-32-46-66/h47-54,57-60,63-66H,3-32,35-36,39-46,55-56H2,1-2H3. The molecule has 14 nitrogen and oxygen atoms in total. The van der Waals surface area contributed by atoms with E-state index in [2.05, 4.69) is 37.5 Å². The Bertz CT molecular complexity index is 5370. The van der Waals surface area contributed by atoms with Gasteiger partial charge in [0.15, 0.2) is 0 Å². The molecule has 586 valence electrons. The Labute approximate surface area is 668 Å². The van der Waals surface area contributed by atoms with Gasteiger partial charge in [0.2, 0.25) is 0 Å². The quantitative estimate of drug-likeness (QED) is 0.0151. The first-order valence-electron chi connectivity index (χ1n) is 44.3. The smallest absolute Gasteiger partial charge is 0.261 e. The maximum Gasteiger partial charge on any atom is 0.261 e. The summed E-state index contributed by atoms with van der Waals surface area (Å²) in [5, 5.41) is 10.3. The van der Waals surface area contributed by atoms with Gasteiger partial charge in [0.25, 0.3) is 47.3 Å². The van der Waals surface area contributed by atoms with Gasteiger partial charge >= 0.3 is 0 Å². The first-order chi connectivity index (χ1) is 56.0. The van der Waals surface area contributed by atoms with Crippen molar-refractivity contribution in [3.05, 3.63) is 128 Å². The molecule has 10 aromatic rings. The third-order valence-corrected chi connectivity index (χ3v) is 27.5. The van der Waals surface area contributed by atoms with Crippen LogP contribution in [0.3, 0.4) is 0 Å². The van der Waals surface area contributed by atoms with E-state index in [1.165, 1.54) is 96.6 Å². The second kappa shape index (κ2) is 32.4. The molecule has 8 aliphatic rings. The zero-order valence-electron chi connectivity index (χ0n) is 66.8. The minimum Gasteiger partial charge on any atom is -0.493 e. The number of benzene rings is 10. The first-order valence-corrected chi connectivity index (χ1v) is 44.3. The zero-order valence-corrected chi connectivity index (χ0v) is 66.8. The van der Waals surface area contributed by atoms with Crippen molar-refractivity contribution >= 4 is 133 Å². The van der Waals surface area contributed by atoms with Crippen LogP contribution in [0.2, 0.25) is 0 Å². The molecule has 0 radical (unpaired) electrons. The molecule has 0 aromatic heterocycles. The molecule has 14 heteroatoms. The van der Waals surface area contributed by atoms with Crippen LogP contribution in [0.15, 0.2) is 72.8 Å². The van der Waals surface area contributed by atoms with Crippen molar-refractivity contribution in [3.63, 3.8) is 0 Å². The third-order valence-electron chi connectivity index (χ3n) is 27.5. The maximum atomic E-state index is 15.7. The predicted molar refractivity (Wildman–Crippen MR) is 453 cm³/mol. The van der Waals surface area contributed by atoms with E-state index in [0.29, 0.717) is 192 Å². The van der Waals surface area contributed by atoms with Crippen LogP contribution in [0.4, 0.5) is 0 Å². The molecule has 18 rings (SSSR count). The van der Waals surface area contributed by atoms with Gasteiger partial charge in [-0.15, -0.1) is 0 Å².